The molecule has 174 valence electrons. The summed E-state index contributed by atoms with van der Waals surface area (Å²) in [5, 5.41) is 2.52. The van der Waals surface area contributed by atoms with Crippen LogP contribution in [0.25, 0.3) is 0 Å². The third-order valence-corrected chi connectivity index (χ3v) is 6.13. The van der Waals surface area contributed by atoms with E-state index in [-0.39, 0.29) is 18.1 Å². The smallest absolute Gasteiger partial charge is 0.244 e. The number of halogens is 2. The second kappa shape index (κ2) is 11.0. The standard InChI is InChI=1S/C22H27F2N3O4S/c1-4-20(22(29)25-2)26(13-12-16-8-6-5-7-9-16)21(28)15-27(32(3,30)31)17-10-11-18(23)19(24)14-17/h5-11,14,20H,4,12-13,15H2,1-3H3,(H,25,29). The van der Waals surface area contributed by atoms with Crippen LogP contribution in [0.4, 0.5) is 14.5 Å². The van der Waals surface area contributed by atoms with E-state index in [1.165, 1.54) is 11.9 Å². The number of nitrogens with one attached hydrogen (secondary N) is 1. The van der Waals surface area contributed by atoms with Crippen molar-refractivity contribution in [2.75, 3.05) is 30.7 Å². The quantitative estimate of drug-likeness (QED) is 0.581. The van der Waals surface area contributed by atoms with Crippen LogP contribution >= 0.6 is 0 Å². The summed E-state index contributed by atoms with van der Waals surface area (Å²) < 4.78 is 52.5. The number of likely N-dealkylation sites (N-methyl/N-ethyl adjacent to an activating group) is 1. The first-order chi connectivity index (χ1) is 15.1. The van der Waals surface area contributed by atoms with E-state index in [1.54, 1.807) is 6.92 Å². The Balaban J connectivity index is 2.36. The third-order valence-electron chi connectivity index (χ3n) is 4.99. The molecule has 2 rings (SSSR count). The fraction of sp³-hybridized carbons (Fsp3) is 0.364. The van der Waals surface area contributed by atoms with Gasteiger partial charge in [-0.15, -0.1) is 0 Å². The number of hydrogen-bond acceptors (Lipinski definition) is 4. The van der Waals surface area contributed by atoms with Gasteiger partial charge in [0.2, 0.25) is 21.8 Å². The van der Waals surface area contributed by atoms with E-state index in [4.69, 9.17) is 0 Å². The molecular formula is C22H27F2N3O4S. The first-order valence-corrected chi connectivity index (χ1v) is 11.9. The number of benzene rings is 2. The molecule has 0 bridgehead atoms. The van der Waals surface area contributed by atoms with E-state index in [0.717, 1.165) is 24.0 Å². The Labute approximate surface area is 187 Å². The minimum Gasteiger partial charge on any atom is -0.357 e. The minimum absolute atomic E-state index is 0.171. The zero-order chi connectivity index (χ0) is 23.9. The molecule has 0 aliphatic heterocycles. The van der Waals surface area contributed by atoms with Gasteiger partial charge in [-0.25, -0.2) is 17.2 Å². The monoisotopic (exact) mass is 467 g/mol. The summed E-state index contributed by atoms with van der Waals surface area (Å²) in [4.78, 5) is 27.0. The highest BCUT2D eigenvalue weighted by Gasteiger charge is 2.31. The van der Waals surface area contributed by atoms with Crippen molar-refractivity contribution >= 4 is 27.5 Å². The van der Waals surface area contributed by atoms with Gasteiger partial charge in [-0.05, 0) is 30.5 Å². The number of anilines is 1. The predicted octanol–water partition coefficient (Wildman–Crippen LogP) is 2.33. The molecule has 2 aromatic carbocycles. The largest absolute Gasteiger partial charge is 0.357 e. The molecule has 1 N–H and O–H groups in total. The number of carbonyl (C=O) groups is 2. The van der Waals surface area contributed by atoms with Crippen molar-refractivity contribution in [1.82, 2.24) is 10.2 Å². The lowest BCUT2D eigenvalue weighted by Gasteiger charge is -2.32. The Morgan fingerprint density at radius 1 is 1.06 bits per heavy atom. The van der Waals surface area contributed by atoms with E-state index in [0.29, 0.717) is 23.2 Å². The van der Waals surface area contributed by atoms with Gasteiger partial charge < -0.3 is 10.2 Å². The van der Waals surface area contributed by atoms with Crippen molar-refractivity contribution in [2.45, 2.75) is 25.8 Å². The summed E-state index contributed by atoms with van der Waals surface area (Å²) >= 11 is 0. The fourth-order valence-electron chi connectivity index (χ4n) is 3.32. The lowest BCUT2D eigenvalue weighted by atomic mass is 10.1. The van der Waals surface area contributed by atoms with E-state index >= 15 is 0 Å². The maximum atomic E-state index is 13.7. The van der Waals surface area contributed by atoms with Gasteiger partial charge in [-0.1, -0.05) is 37.3 Å². The molecule has 1 unspecified atom stereocenters. The van der Waals surface area contributed by atoms with Crippen molar-refractivity contribution < 1.29 is 26.8 Å². The molecular weight excluding hydrogens is 440 g/mol. The van der Waals surface area contributed by atoms with Gasteiger partial charge in [-0.2, -0.15) is 0 Å². The molecule has 0 aliphatic rings. The van der Waals surface area contributed by atoms with Gasteiger partial charge in [-0.3, -0.25) is 13.9 Å². The molecule has 0 saturated heterocycles. The van der Waals surface area contributed by atoms with Gasteiger partial charge in [0.25, 0.3) is 0 Å². The lowest BCUT2D eigenvalue weighted by Crippen LogP contribution is -2.52. The molecule has 0 aromatic heterocycles. The number of rotatable bonds is 10. The van der Waals surface area contributed by atoms with Crippen LogP contribution in [0, 0.1) is 11.6 Å². The molecule has 0 fully saturated rings. The van der Waals surface area contributed by atoms with Crippen LogP contribution in [0.2, 0.25) is 0 Å². The van der Waals surface area contributed by atoms with Crippen LogP contribution in [-0.4, -0.2) is 57.6 Å². The molecule has 0 spiro atoms. The van der Waals surface area contributed by atoms with Crippen molar-refractivity contribution in [2.24, 2.45) is 0 Å². The average molecular weight is 468 g/mol. The first-order valence-electron chi connectivity index (χ1n) is 10.1. The van der Waals surface area contributed by atoms with Gasteiger partial charge in [0, 0.05) is 19.7 Å². The molecule has 0 saturated carbocycles. The molecule has 7 nitrogen and oxygen atoms in total. The van der Waals surface area contributed by atoms with Crippen LogP contribution in [0.3, 0.4) is 0 Å². The van der Waals surface area contributed by atoms with Gasteiger partial charge >= 0.3 is 0 Å². The Morgan fingerprint density at radius 3 is 2.25 bits per heavy atom. The summed E-state index contributed by atoms with van der Waals surface area (Å²) in [6, 6.07) is 11.1. The molecule has 10 heteroatoms. The highest BCUT2D eigenvalue weighted by atomic mass is 32.2. The van der Waals surface area contributed by atoms with Gasteiger partial charge in [0.15, 0.2) is 11.6 Å². The Morgan fingerprint density at radius 2 is 1.72 bits per heavy atom. The van der Waals surface area contributed by atoms with E-state index in [2.05, 4.69) is 5.32 Å². The number of hydrogen-bond donors (Lipinski definition) is 1. The highest BCUT2D eigenvalue weighted by Crippen LogP contribution is 2.21. The first kappa shape index (κ1) is 25.3. The Kier molecular flexibility index (Phi) is 8.71. The zero-order valence-electron chi connectivity index (χ0n) is 18.2. The van der Waals surface area contributed by atoms with Crippen molar-refractivity contribution in [3.8, 4) is 0 Å². The van der Waals surface area contributed by atoms with E-state index < -0.39 is 40.2 Å². The lowest BCUT2D eigenvalue weighted by molar-refractivity contribution is -0.139. The third kappa shape index (κ3) is 6.49. The van der Waals surface area contributed by atoms with E-state index in [1.807, 2.05) is 30.3 Å². The summed E-state index contributed by atoms with van der Waals surface area (Å²) in [6.07, 6.45) is 1.63. The van der Waals surface area contributed by atoms with Crippen LogP contribution in [0.1, 0.15) is 18.9 Å². The summed E-state index contributed by atoms with van der Waals surface area (Å²) in [5.41, 5.74) is 0.758. The fourth-order valence-corrected chi connectivity index (χ4v) is 4.16. The summed E-state index contributed by atoms with van der Waals surface area (Å²) in [7, 11) is -2.55. The highest BCUT2D eigenvalue weighted by molar-refractivity contribution is 7.92. The van der Waals surface area contributed by atoms with Crippen LogP contribution < -0.4 is 9.62 Å². The van der Waals surface area contributed by atoms with Crippen LogP contribution in [0.15, 0.2) is 48.5 Å². The molecule has 2 amide bonds. The topological polar surface area (TPSA) is 86.8 Å². The van der Waals surface area contributed by atoms with Gasteiger partial charge in [0.1, 0.15) is 12.6 Å². The number of sulfonamides is 1. The Bertz CT molecular complexity index is 1050. The van der Waals surface area contributed by atoms with Crippen molar-refractivity contribution in [3.63, 3.8) is 0 Å². The van der Waals surface area contributed by atoms with Crippen molar-refractivity contribution in [3.05, 3.63) is 65.7 Å². The number of amides is 2. The second-order valence-electron chi connectivity index (χ2n) is 7.23. The van der Waals surface area contributed by atoms with Crippen LogP contribution in [-0.2, 0) is 26.0 Å². The average Bonchev–Trinajstić information content (AvgIpc) is 2.76. The maximum Gasteiger partial charge on any atom is 0.244 e. The second-order valence-corrected chi connectivity index (χ2v) is 9.14. The number of carbonyl (C=O) groups excluding carboxylic acids is 2. The molecule has 32 heavy (non-hydrogen) atoms. The van der Waals surface area contributed by atoms with Crippen molar-refractivity contribution in [1.29, 1.82) is 0 Å². The summed E-state index contributed by atoms with van der Waals surface area (Å²) in [6.45, 7) is 1.25. The van der Waals surface area contributed by atoms with Crippen LogP contribution in [0.5, 0.6) is 0 Å². The SMILES string of the molecule is CCC(C(=O)NC)N(CCc1ccccc1)C(=O)CN(c1ccc(F)c(F)c1)S(C)(=O)=O. The predicted molar refractivity (Wildman–Crippen MR) is 119 cm³/mol. The van der Waals surface area contributed by atoms with Gasteiger partial charge in [0.05, 0.1) is 11.9 Å². The molecule has 0 aliphatic carbocycles. The summed E-state index contributed by atoms with van der Waals surface area (Å²) in [5.74, 6) is -3.39. The minimum atomic E-state index is -4.01. The number of nitrogens with zero attached hydrogens (tertiary/aromatic N) is 2. The molecule has 0 heterocycles. The molecule has 2 aromatic rings. The Hall–Kier alpha value is -3.01. The normalized spacial score (nSPS) is 12.2. The van der Waals surface area contributed by atoms with E-state index in [9.17, 15) is 26.8 Å². The molecule has 1 atom stereocenters. The maximum absolute atomic E-state index is 13.7. The zero-order valence-corrected chi connectivity index (χ0v) is 19.0. The molecule has 0 radical (unpaired) electrons.